The second-order valence-corrected chi connectivity index (χ2v) is 7.99. The van der Waals surface area contributed by atoms with Gasteiger partial charge in [0.1, 0.15) is 5.60 Å². The van der Waals surface area contributed by atoms with E-state index < -0.39 is 0 Å². The molecule has 4 heteroatoms. The van der Waals surface area contributed by atoms with E-state index >= 15 is 0 Å². The Morgan fingerprint density at radius 1 is 1.25 bits per heavy atom. The Hall–Kier alpha value is -0.770. The standard InChI is InChI=1S/C12H23NO2.C6H13N.C2H6/c1-9(2)10-6-7-13(8-10)11(14)15-12(3,4)5;1-2-6-3-4-7-5-6;1-2/h9-10H,6-8H2,1-5H3;6-7H,2-5H2,1H3;1-2H3. The van der Waals surface area contributed by atoms with Crippen LogP contribution in [0, 0.1) is 17.8 Å². The third-order valence-corrected chi connectivity index (χ3v) is 4.56. The first kappa shape index (κ1) is 23.2. The van der Waals surface area contributed by atoms with E-state index in [0.717, 1.165) is 25.4 Å². The van der Waals surface area contributed by atoms with Crippen LogP contribution in [0.5, 0.6) is 0 Å². The largest absolute Gasteiger partial charge is 0.444 e. The van der Waals surface area contributed by atoms with E-state index in [1.165, 1.54) is 25.9 Å². The summed E-state index contributed by atoms with van der Waals surface area (Å²) >= 11 is 0. The molecule has 0 saturated carbocycles. The Bertz CT molecular complexity index is 331. The molecule has 0 spiro atoms. The molecule has 0 aliphatic carbocycles. The van der Waals surface area contributed by atoms with E-state index in [9.17, 15) is 4.79 Å². The highest BCUT2D eigenvalue weighted by molar-refractivity contribution is 5.68. The Morgan fingerprint density at radius 2 is 1.88 bits per heavy atom. The molecule has 2 saturated heterocycles. The molecule has 0 aromatic carbocycles. The first-order valence-corrected chi connectivity index (χ1v) is 9.91. The zero-order valence-corrected chi connectivity index (χ0v) is 17.4. The van der Waals surface area contributed by atoms with Gasteiger partial charge in [-0.25, -0.2) is 4.79 Å². The smallest absolute Gasteiger partial charge is 0.410 e. The van der Waals surface area contributed by atoms with Crippen molar-refractivity contribution < 1.29 is 9.53 Å². The third kappa shape index (κ3) is 9.51. The molecular formula is C20H42N2O2. The van der Waals surface area contributed by atoms with Crippen molar-refractivity contribution in [2.45, 2.75) is 80.3 Å². The van der Waals surface area contributed by atoms with Gasteiger partial charge in [0.25, 0.3) is 0 Å². The summed E-state index contributed by atoms with van der Waals surface area (Å²) < 4.78 is 5.34. The third-order valence-electron chi connectivity index (χ3n) is 4.56. The fourth-order valence-electron chi connectivity index (χ4n) is 2.89. The minimum atomic E-state index is -0.382. The average Bonchev–Trinajstić information content (AvgIpc) is 3.20. The summed E-state index contributed by atoms with van der Waals surface area (Å²) in [6, 6.07) is 0. The number of ether oxygens (including phenoxy) is 1. The van der Waals surface area contributed by atoms with Crippen molar-refractivity contribution >= 4 is 6.09 Å². The topological polar surface area (TPSA) is 41.6 Å². The van der Waals surface area contributed by atoms with Gasteiger partial charge >= 0.3 is 6.09 Å². The summed E-state index contributed by atoms with van der Waals surface area (Å²) in [7, 11) is 0. The Morgan fingerprint density at radius 3 is 2.21 bits per heavy atom. The van der Waals surface area contributed by atoms with Gasteiger partial charge in [0, 0.05) is 13.1 Å². The predicted octanol–water partition coefficient (Wildman–Crippen LogP) is 4.93. The molecule has 2 unspecified atom stereocenters. The fourth-order valence-corrected chi connectivity index (χ4v) is 2.89. The van der Waals surface area contributed by atoms with Gasteiger partial charge in [-0.2, -0.15) is 0 Å². The van der Waals surface area contributed by atoms with Crippen LogP contribution >= 0.6 is 0 Å². The molecule has 1 N–H and O–H groups in total. The van der Waals surface area contributed by atoms with Gasteiger partial charge in [-0.05, 0) is 64.5 Å². The summed E-state index contributed by atoms with van der Waals surface area (Å²) in [6.45, 7) is 20.6. The van der Waals surface area contributed by atoms with Crippen LogP contribution < -0.4 is 5.32 Å². The Balaban J connectivity index is 0.000000488. The van der Waals surface area contributed by atoms with Gasteiger partial charge in [-0.1, -0.05) is 41.0 Å². The van der Waals surface area contributed by atoms with E-state index in [-0.39, 0.29) is 11.7 Å². The lowest BCUT2D eigenvalue weighted by molar-refractivity contribution is 0.0285. The molecule has 1 amide bonds. The van der Waals surface area contributed by atoms with E-state index in [4.69, 9.17) is 4.74 Å². The molecule has 2 heterocycles. The van der Waals surface area contributed by atoms with Crippen LogP contribution in [0.15, 0.2) is 0 Å². The molecule has 0 bridgehead atoms. The highest BCUT2D eigenvalue weighted by Gasteiger charge is 2.30. The molecule has 2 aliphatic rings. The van der Waals surface area contributed by atoms with Crippen molar-refractivity contribution in [3.63, 3.8) is 0 Å². The monoisotopic (exact) mass is 342 g/mol. The molecule has 144 valence electrons. The minimum Gasteiger partial charge on any atom is -0.444 e. The van der Waals surface area contributed by atoms with E-state index in [1.807, 2.05) is 39.5 Å². The molecule has 0 aromatic rings. The van der Waals surface area contributed by atoms with E-state index in [0.29, 0.717) is 11.8 Å². The number of hydrogen-bond donors (Lipinski definition) is 1. The highest BCUT2D eigenvalue weighted by Crippen LogP contribution is 2.24. The normalized spacial score (nSPS) is 23.3. The van der Waals surface area contributed by atoms with E-state index in [1.54, 1.807) is 0 Å². The summed E-state index contributed by atoms with van der Waals surface area (Å²) in [4.78, 5) is 13.6. The number of carbonyl (C=O) groups excluding carboxylic acids is 1. The SMILES string of the molecule is CC.CC(C)C1CCN(C(=O)OC(C)(C)C)C1.CCC1CCNC1. The second kappa shape index (κ2) is 11.7. The molecule has 24 heavy (non-hydrogen) atoms. The number of hydrogen-bond acceptors (Lipinski definition) is 3. The number of nitrogens with one attached hydrogen (secondary N) is 1. The lowest BCUT2D eigenvalue weighted by atomic mass is 9.95. The van der Waals surface area contributed by atoms with Crippen molar-refractivity contribution in [3.05, 3.63) is 0 Å². The number of carbonyl (C=O) groups is 1. The van der Waals surface area contributed by atoms with Gasteiger partial charge < -0.3 is 15.0 Å². The summed E-state index contributed by atoms with van der Waals surface area (Å²) in [5, 5.41) is 3.32. The maximum Gasteiger partial charge on any atom is 0.410 e. The number of rotatable bonds is 2. The zero-order chi connectivity index (χ0) is 18.8. The molecule has 2 atom stereocenters. The molecular weight excluding hydrogens is 300 g/mol. The first-order chi connectivity index (χ1) is 11.2. The van der Waals surface area contributed by atoms with Gasteiger partial charge in [-0.3, -0.25) is 0 Å². The summed E-state index contributed by atoms with van der Waals surface area (Å²) in [5.74, 6) is 2.27. The van der Waals surface area contributed by atoms with Crippen LogP contribution in [0.1, 0.15) is 74.7 Å². The second-order valence-electron chi connectivity index (χ2n) is 7.99. The predicted molar refractivity (Wildman–Crippen MR) is 103 cm³/mol. The number of nitrogens with zero attached hydrogens (tertiary/aromatic N) is 1. The van der Waals surface area contributed by atoms with Crippen LogP contribution in [0.25, 0.3) is 0 Å². The van der Waals surface area contributed by atoms with Gasteiger partial charge in [-0.15, -0.1) is 0 Å². The molecule has 4 nitrogen and oxygen atoms in total. The van der Waals surface area contributed by atoms with Crippen LogP contribution in [-0.2, 0) is 4.74 Å². The van der Waals surface area contributed by atoms with Crippen LogP contribution in [0.3, 0.4) is 0 Å². The van der Waals surface area contributed by atoms with Crippen LogP contribution in [-0.4, -0.2) is 42.8 Å². The van der Waals surface area contributed by atoms with Crippen molar-refractivity contribution in [1.29, 1.82) is 0 Å². The summed E-state index contributed by atoms with van der Waals surface area (Å²) in [5.41, 5.74) is -0.382. The quantitative estimate of drug-likeness (QED) is 0.773. The maximum atomic E-state index is 11.7. The molecule has 0 radical (unpaired) electrons. The van der Waals surface area contributed by atoms with Crippen LogP contribution in [0.4, 0.5) is 4.79 Å². The maximum absolute atomic E-state index is 11.7. The summed E-state index contributed by atoms with van der Waals surface area (Å²) in [6.07, 6.45) is 3.70. The molecule has 2 fully saturated rings. The lowest BCUT2D eigenvalue weighted by Gasteiger charge is -2.24. The minimum absolute atomic E-state index is 0.161. The molecule has 2 aliphatic heterocycles. The fraction of sp³-hybridized carbons (Fsp3) is 0.950. The number of amides is 1. The Kier molecular flexibility index (Phi) is 11.4. The average molecular weight is 343 g/mol. The highest BCUT2D eigenvalue weighted by atomic mass is 16.6. The molecule has 0 aromatic heterocycles. The number of likely N-dealkylation sites (tertiary alicyclic amines) is 1. The van der Waals surface area contributed by atoms with E-state index in [2.05, 4.69) is 26.1 Å². The molecule has 2 rings (SSSR count). The lowest BCUT2D eigenvalue weighted by Crippen LogP contribution is -2.35. The van der Waals surface area contributed by atoms with Gasteiger partial charge in [0.05, 0.1) is 0 Å². The first-order valence-electron chi connectivity index (χ1n) is 9.91. The van der Waals surface area contributed by atoms with Crippen molar-refractivity contribution in [2.24, 2.45) is 17.8 Å². The zero-order valence-electron chi connectivity index (χ0n) is 17.4. The van der Waals surface area contributed by atoms with Crippen molar-refractivity contribution in [1.82, 2.24) is 10.2 Å². The van der Waals surface area contributed by atoms with Crippen molar-refractivity contribution in [3.8, 4) is 0 Å². The van der Waals surface area contributed by atoms with Gasteiger partial charge in [0.15, 0.2) is 0 Å². The van der Waals surface area contributed by atoms with Crippen molar-refractivity contribution in [2.75, 3.05) is 26.2 Å². The van der Waals surface area contributed by atoms with Gasteiger partial charge in [0.2, 0.25) is 0 Å². The Labute approximate surface area is 150 Å². The van der Waals surface area contributed by atoms with Crippen LogP contribution in [0.2, 0.25) is 0 Å².